The molecule has 4 heteroatoms. The van der Waals surface area contributed by atoms with Crippen molar-refractivity contribution in [2.75, 3.05) is 14.2 Å². The molecule has 0 heterocycles. The molecule has 0 N–H and O–H groups in total. The van der Waals surface area contributed by atoms with Gasteiger partial charge < -0.3 is 9.47 Å². The molecule has 21 heavy (non-hydrogen) atoms. The van der Waals surface area contributed by atoms with Gasteiger partial charge in [0.2, 0.25) is 0 Å². The van der Waals surface area contributed by atoms with Gasteiger partial charge in [-0.3, -0.25) is 0 Å². The highest BCUT2D eigenvalue weighted by molar-refractivity contribution is 6.33. The number of methoxy groups -OCH3 is 2. The van der Waals surface area contributed by atoms with E-state index >= 15 is 0 Å². The molecule has 1 aromatic rings. The summed E-state index contributed by atoms with van der Waals surface area (Å²) in [6, 6.07) is 3.69. The maximum Gasteiger partial charge on any atom is 0.162 e. The fourth-order valence-corrected chi connectivity index (χ4v) is 3.77. The van der Waals surface area contributed by atoms with Crippen LogP contribution < -0.4 is 9.47 Å². The van der Waals surface area contributed by atoms with Crippen LogP contribution in [0.3, 0.4) is 0 Å². The summed E-state index contributed by atoms with van der Waals surface area (Å²) in [7, 11) is 3.23. The van der Waals surface area contributed by atoms with E-state index in [1.54, 1.807) is 20.3 Å². The molecule has 0 spiro atoms. The lowest BCUT2D eigenvalue weighted by atomic mass is 9.85. The lowest BCUT2D eigenvalue weighted by Crippen LogP contribution is -2.07. The topological polar surface area (TPSA) is 18.5 Å². The Labute approximate surface area is 137 Å². The molecule has 118 valence electrons. The molecule has 0 radical (unpaired) electrons. The van der Waals surface area contributed by atoms with Gasteiger partial charge >= 0.3 is 0 Å². The summed E-state index contributed by atoms with van der Waals surface area (Å²) >= 11 is 12.9. The van der Waals surface area contributed by atoms with Crippen molar-refractivity contribution in [3.63, 3.8) is 0 Å². The summed E-state index contributed by atoms with van der Waals surface area (Å²) in [5.41, 5.74) is 0.937. The summed E-state index contributed by atoms with van der Waals surface area (Å²) < 4.78 is 10.6. The van der Waals surface area contributed by atoms with Gasteiger partial charge in [-0.1, -0.05) is 43.7 Å². The van der Waals surface area contributed by atoms with Crippen LogP contribution >= 0.6 is 23.2 Å². The Morgan fingerprint density at radius 3 is 2.33 bits per heavy atom. The molecule has 1 saturated carbocycles. The van der Waals surface area contributed by atoms with Crippen molar-refractivity contribution >= 4 is 23.2 Å². The summed E-state index contributed by atoms with van der Waals surface area (Å²) in [6.45, 7) is 0. The van der Waals surface area contributed by atoms with E-state index < -0.39 is 0 Å². The Kier molecular flexibility index (Phi) is 6.50. The smallest absolute Gasteiger partial charge is 0.162 e. The Bertz CT molecular complexity index is 456. The van der Waals surface area contributed by atoms with Gasteiger partial charge in [0.15, 0.2) is 11.5 Å². The van der Waals surface area contributed by atoms with Gasteiger partial charge in [-0.15, -0.1) is 11.6 Å². The second-order valence-electron chi connectivity index (χ2n) is 5.78. The van der Waals surface area contributed by atoms with Crippen LogP contribution in [0.4, 0.5) is 0 Å². The Hall–Kier alpha value is -0.600. The summed E-state index contributed by atoms with van der Waals surface area (Å²) in [4.78, 5) is 0. The fourth-order valence-electron chi connectivity index (χ4n) is 3.12. The largest absolute Gasteiger partial charge is 0.493 e. The molecular formula is C17H24Cl2O2. The Morgan fingerprint density at radius 2 is 1.71 bits per heavy atom. The van der Waals surface area contributed by atoms with Crippen molar-refractivity contribution in [3.8, 4) is 11.5 Å². The molecule has 1 atom stereocenters. The predicted octanol–water partition coefficient (Wildman–Crippen LogP) is 6.00. The van der Waals surface area contributed by atoms with Crippen LogP contribution in [0.15, 0.2) is 12.1 Å². The molecule has 0 saturated heterocycles. The van der Waals surface area contributed by atoms with Crippen molar-refractivity contribution < 1.29 is 9.47 Å². The zero-order chi connectivity index (χ0) is 15.2. The first-order valence-electron chi connectivity index (χ1n) is 7.71. The van der Waals surface area contributed by atoms with Gasteiger partial charge in [-0.2, -0.15) is 0 Å². The van der Waals surface area contributed by atoms with E-state index in [9.17, 15) is 0 Å². The normalized spacial score (nSPS) is 17.5. The van der Waals surface area contributed by atoms with Gasteiger partial charge in [0.25, 0.3) is 0 Å². The number of alkyl halides is 1. The van der Waals surface area contributed by atoms with E-state index in [1.165, 1.54) is 38.5 Å². The van der Waals surface area contributed by atoms with Crippen molar-refractivity contribution in [3.05, 3.63) is 22.7 Å². The Balaban J connectivity index is 2.02. The molecule has 2 rings (SSSR count). The van der Waals surface area contributed by atoms with Crippen LogP contribution in [0, 0.1) is 5.92 Å². The zero-order valence-corrected chi connectivity index (χ0v) is 14.3. The average Bonchev–Trinajstić information content (AvgIpc) is 2.53. The minimum Gasteiger partial charge on any atom is -0.493 e. The second kappa shape index (κ2) is 8.14. The van der Waals surface area contributed by atoms with Crippen LogP contribution in [-0.2, 0) is 0 Å². The number of rotatable bonds is 6. The predicted molar refractivity (Wildman–Crippen MR) is 89.0 cm³/mol. The zero-order valence-electron chi connectivity index (χ0n) is 12.8. The lowest BCUT2D eigenvalue weighted by Gasteiger charge is -2.23. The molecule has 0 aromatic heterocycles. The number of hydrogen-bond acceptors (Lipinski definition) is 2. The minimum absolute atomic E-state index is 0.0702. The van der Waals surface area contributed by atoms with E-state index in [0.717, 1.165) is 17.9 Å². The highest BCUT2D eigenvalue weighted by Gasteiger charge is 2.19. The molecular weight excluding hydrogens is 307 g/mol. The van der Waals surface area contributed by atoms with Crippen molar-refractivity contribution in [2.45, 2.75) is 50.3 Å². The second-order valence-corrected chi connectivity index (χ2v) is 6.71. The lowest BCUT2D eigenvalue weighted by molar-refractivity contribution is 0.331. The monoisotopic (exact) mass is 330 g/mol. The molecule has 2 nitrogen and oxygen atoms in total. The SMILES string of the molecule is COc1cc(Cl)c(C(Cl)CCC2CCCCC2)cc1OC. The third kappa shape index (κ3) is 4.43. The molecule has 1 aliphatic carbocycles. The van der Waals surface area contributed by atoms with Crippen LogP contribution in [0.25, 0.3) is 0 Å². The number of benzene rings is 1. The van der Waals surface area contributed by atoms with Crippen molar-refractivity contribution in [2.24, 2.45) is 5.92 Å². The Morgan fingerprint density at radius 1 is 1.10 bits per heavy atom. The maximum atomic E-state index is 6.57. The van der Waals surface area contributed by atoms with E-state index in [2.05, 4.69) is 0 Å². The molecule has 0 amide bonds. The first-order valence-corrected chi connectivity index (χ1v) is 8.52. The van der Waals surface area contributed by atoms with Gasteiger partial charge in [-0.25, -0.2) is 0 Å². The third-order valence-electron chi connectivity index (χ3n) is 4.39. The molecule has 0 bridgehead atoms. The number of halogens is 2. The van der Waals surface area contributed by atoms with Gasteiger partial charge in [0, 0.05) is 11.1 Å². The summed E-state index contributed by atoms with van der Waals surface area (Å²) in [5, 5.41) is 0.579. The maximum absolute atomic E-state index is 6.57. The van der Waals surface area contributed by atoms with Gasteiger partial charge in [-0.05, 0) is 30.4 Å². The molecule has 0 aliphatic heterocycles. The van der Waals surface area contributed by atoms with E-state index in [-0.39, 0.29) is 5.38 Å². The van der Waals surface area contributed by atoms with Crippen LogP contribution in [-0.4, -0.2) is 14.2 Å². The standard InChI is InChI=1S/C17H24Cl2O2/c1-20-16-10-13(15(19)11-17(16)21-2)14(18)9-8-12-6-4-3-5-7-12/h10-12,14H,3-9H2,1-2H3. The first kappa shape index (κ1) is 16.8. The van der Waals surface area contributed by atoms with E-state index in [0.29, 0.717) is 16.5 Å². The van der Waals surface area contributed by atoms with E-state index in [4.69, 9.17) is 32.7 Å². The minimum atomic E-state index is -0.0702. The van der Waals surface area contributed by atoms with Crippen molar-refractivity contribution in [1.29, 1.82) is 0 Å². The van der Waals surface area contributed by atoms with Gasteiger partial charge in [0.05, 0.1) is 19.6 Å². The average molecular weight is 331 g/mol. The highest BCUT2D eigenvalue weighted by Crippen LogP contribution is 2.40. The molecule has 1 fully saturated rings. The van der Waals surface area contributed by atoms with Crippen LogP contribution in [0.5, 0.6) is 11.5 Å². The third-order valence-corrected chi connectivity index (χ3v) is 5.17. The molecule has 1 aliphatic rings. The van der Waals surface area contributed by atoms with Gasteiger partial charge in [0.1, 0.15) is 0 Å². The van der Waals surface area contributed by atoms with Crippen LogP contribution in [0.1, 0.15) is 55.9 Å². The van der Waals surface area contributed by atoms with Crippen LogP contribution in [0.2, 0.25) is 5.02 Å². The van der Waals surface area contributed by atoms with Crippen molar-refractivity contribution in [1.82, 2.24) is 0 Å². The molecule has 1 aromatic carbocycles. The van der Waals surface area contributed by atoms with E-state index in [1.807, 2.05) is 6.07 Å². The fraction of sp³-hybridized carbons (Fsp3) is 0.647. The summed E-state index contributed by atoms with van der Waals surface area (Å²) in [5.74, 6) is 2.15. The number of ether oxygens (including phenoxy) is 2. The first-order chi connectivity index (χ1) is 10.2. The quantitative estimate of drug-likeness (QED) is 0.595. The molecule has 1 unspecified atom stereocenters. The summed E-state index contributed by atoms with van der Waals surface area (Å²) in [6.07, 6.45) is 8.97. The number of hydrogen-bond donors (Lipinski definition) is 0. The highest BCUT2D eigenvalue weighted by atomic mass is 35.5.